The van der Waals surface area contributed by atoms with E-state index >= 15 is 0 Å². The van der Waals surface area contributed by atoms with Crippen LogP contribution in [-0.2, 0) is 4.43 Å². The lowest BCUT2D eigenvalue weighted by Gasteiger charge is -2.43. The van der Waals surface area contributed by atoms with Gasteiger partial charge < -0.3 is 4.43 Å². The summed E-state index contributed by atoms with van der Waals surface area (Å²) in [4.78, 5) is 0. The lowest BCUT2D eigenvalue weighted by molar-refractivity contribution is 0.246. The first kappa shape index (κ1) is 18.9. The molecule has 2 aromatic rings. The van der Waals surface area contributed by atoms with Gasteiger partial charge in [0.1, 0.15) is 0 Å². The lowest BCUT2D eigenvalue weighted by Crippen LogP contribution is -2.66. The van der Waals surface area contributed by atoms with E-state index in [4.69, 9.17) is 4.43 Å². The van der Waals surface area contributed by atoms with Gasteiger partial charge >= 0.3 is 0 Å². The van der Waals surface area contributed by atoms with E-state index in [1.165, 1.54) is 10.4 Å². The van der Waals surface area contributed by atoms with Crippen LogP contribution in [0.4, 0.5) is 0 Å². The minimum atomic E-state index is -2.38. The van der Waals surface area contributed by atoms with Gasteiger partial charge in [-0.2, -0.15) is 0 Å². The number of hydrogen-bond acceptors (Lipinski definition) is 1. The first-order valence-electron chi connectivity index (χ1n) is 8.77. The molecule has 0 aliphatic carbocycles. The molecular weight excluding hydrogens is 308 g/mol. The van der Waals surface area contributed by atoms with Gasteiger partial charge in [-0.05, 0) is 34.2 Å². The fourth-order valence-corrected chi connectivity index (χ4v) is 7.81. The molecule has 0 aromatic heterocycles. The van der Waals surface area contributed by atoms with Crippen molar-refractivity contribution < 1.29 is 4.43 Å². The third-order valence-electron chi connectivity index (χ3n) is 4.51. The normalized spacial score (nSPS) is 13.1. The van der Waals surface area contributed by atoms with Crippen LogP contribution in [0.15, 0.2) is 60.7 Å². The average Bonchev–Trinajstić information content (AvgIpc) is 2.51. The van der Waals surface area contributed by atoms with Gasteiger partial charge in [-0.1, -0.05) is 95.3 Å². The van der Waals surface area contributed by atoms with Gasteiger partial charge in [0.05, 0.1) is 0 Å². The summed E-state index contributed by atoms with van der Waals surface area (Å²) in [5.41, 5.74) is 0.0331. The topological polar surface area (TPSA) is 9.23 Å². The zero-order valence-electron chi connectivity index (χ0n) is 15.8. The Morgan fingerprint density at radius 2 is 1.21 bits per heavy atom. The van der Waals surface area contributed by atoms with Crippen molar-refractivity contribution in [3.8, 4) is 0 Å². The van der Waals surface area contributed by atoms with E-state index in [1.54, 1.807) is 0 Å². The molecule has 129 valence electrons. The van der Waals surface area contributed by atoms with Crippen LogP contribution in [0.2, 0.25) is 5.04 Å². The summed E-state index contributed by atoms with van der Waals surface area (Å²) >= 11 is 0. The van der Waals surface area contributed by atoms with E-state index in [1.807, 2.05) is 0 Å². The van der Waals surface area contributed by atoms with Crippen LogP contribution in [0.3, 0.4) is 0 Å². The SMILES string of the molecule is [CH2]C(C)(C)CCO[Si](c1ccccc1)(c1ccccc1)C(C)(C)C. The molecule has 0 atom stereocenters. The van der Waals surface area contributed by atoms with Crippen molar-refractivity contribution in [1.82, 2.24) is 0 Å². The van der Waals surface area contributed by atoms with Gasteiger partial charge in [0.2, 0.25) is 0 Å². The molecule has 1 nitrogen and oxygen atoms in total. The van der Waals surface area contributed by atoms with Crippen molar-refractivity contribution in [2.45, 2.75) is 46.1 Å². The Balaban J connectivity index is 2.53. The van der Waals surface area contributed by atoms with Crippen molar-refractivity contribution in [3.05, 3.63) is 67.6 Å². The number of hydrogen-bond donors (Lipinski definition) is 0. The van der Waals surface area contributed by atoms with Crippen LogP contribution in [-0.4, -0.2) is 14.9 Å². The molecule has 2 heteroatoms. The average molecular weight is 340 g/mol. The van der Waals surface area contributed by atoms with Crippen molar-refractivity contribution in [2.75, 3.05) is 6.61 Å². The second-order valence-corrected chi connectivity index (χ2v) is 12.7. The fourth-order valence-electron chi connectivity index (χ4n) is 3.24. The van der Waals surface area contributed by atoms with E-state index in [9.17, 15) is 0 Å². The van der Waals surface area contributed by atoms with Crippen molar-refractivity contribution in [1.29, 1.82) is 0 Å². The Hall–Kier alpha value is -1.38. The van der Waals surface area contributed by atoms with Crippen molar-refractivity contribution in [3.63, 3.8) is 0 Å². The largest absolute Gasteiger partial charge is 0.407 e. The Morgan fingerprint density at radius 1 is 0.792 bits per heavy atom. The van der Waals surface area contributed by atoms with Gasteiger partial charge in [0, 0.05) is 6.61 Å². The summed E-state index contributed by atoms with van der Waals surface area (Å²) in [6, 6.07) is 21.6. The van der Waals surface area contributed by atoms with Gasteiger partial charge in [-0.15, -0.1) is 0 Å². The third kappa shape index (κ3) is 4.17. The van der Waals surface area contributed by atoms with E-state index in [0.29, 0.717) is 0 Å². The molecule has 0 saturated carbocycles. The van der Waals surface area contributed by atoms with Crippen LogP contribution < -0.4 is 10.4 Å². The maximum Gasteiger partial charge on any atom is 0.261 e. The summed E-state index contributed by atoms with van der Waals surface area (Å²) in [5, 5.41) is 2.72. The third-order valence-corrected chi connectivity index (χ3v) is 9.56. The fraction of sp³-hybridized carbons (Fsp3) is 0.409. The molecule has 0 amide bonds. The Bertz CT molecular complexity index is 581. The standard InChI is InChI=1S/C22H31OSi/c1-21(2,3)17-18-23-24(22(4,5)6,19-13-9-7-10-14-19)20-15-11-8-12-16-20/h7-16H,1,17-18H2,2-6H3. The van der Waals surface area contributed by atoms with E-state index in [0.717, 1.165) is 13.0 Å². The zero-order valence-corrected chi connectivity index (χ0v) is 16.8. The van der Waals surface area contributed by atoms with E-state index in [2.05, 4.69) is 102 Å². The second-order valence-electron chi connectivity index (χ2n) is 8.43. The predicted octanol–water partition coefficient (Wildman–Crippen LogP) is 4.81. The quantitative estimate of drug-likeness (QED) is 0.686. The Morgan fingerprint density at radius 3 is 1.54 bits per heavy atom. The monoisotopic (exact) mass is 339 g/mol. The van der Waals surface area contributed by atoms with Crippen LogP contribution in [0.1, 0.15) is 41.0 Å². The molecule has 0 aliphatic heterocycles. The highest BCUT2D eigenvalue weighted by Crippen LogP contribution is 2.37. The van der Waals surface area contributed by atoms with Gasteiger partial charge in [0.25, 0.3) is 8.32 Å². The molecule has 24 heavy (non-hydrogen) atoms. The molecule has 0 aliphatic rings. The highest BCUT2D eigenvalue weighted by atomic mass is 28.4. The molecule has 2 rings (SSSR count). The summed E-state index contributed by atoms with van der Waals surface area (Å²) < 4.78 is 6.84. The first-order valence-corrected chi connectivity index (χ1v) is 10.7. The number of benzene rings is 2. The molecule has 0 heterocycles. The molecule has 0 spiro atoms. The Kier molecular flexibility index (Phi) is 5.72. The summed E-state index contributed by atoms with van der Waals surface area (Å²) in [5.74, 6) is 0. The van der Waals surface area contributed by atoms with Crippen molar-refractivity contribution >= 4 is 18.7 Å². The molecule has 0 saturated heterocycles. The molecule has 0 bridgehead atoms. The van der Waals surface area contributed by atoms with Crippen LogP contribution in [0, 0.1) is 12.3 Å². The molecule has 1 radical (unpaired) electrons. The lowest BCUT2D eigenvalue weighted by atomic mass is 9.93. The molecule has 0 fully saturated rings. The molecule has 0 N–H and O–H groups in total. The summed E-state index contributed by atoms with van der Waals surface area (Å²) in [7, 11) is -2.38. The number of rotatable bonds is 6. The Labute approximate surface area is 149 Å². The maximum atomic E-state index is 6.84. The first-order chi connectivity index (χ1) is 11.2. The van der Waals surface area contributed by atoms with Crippen LogP contribution >= 0.6 is 0 Å². The van der Waals surface area contributed by atoms with Gasteiger partial charge in [-0.3, -0.25) is 0 Å². The van der Waals surface area contributed by atoms with Crippen LogP contribution in [0.5, 0.6) is 0 Å². The van der Waals surface area contributed by atoms with Crippen molar-refractivity contribution in [2.24, 2.45) is 5.41 Å². The zero-order chi connectivity index (χ0) is 17.8. The summed E-state index contributed by atoms with van der Waals surface area (Å²) in [6.45, 7) is 16.3. The molecule has 0 unspecified atom stereocenters. The summed E-state index contributed by atoms with van der Waals surface area (Å²) in [6.07, 6.45) is 0.956. The van der Waals surface area contributed by atoms with Gasteiger partial charge in [0.15, 0.2) is 0 Å². The van der Waals surface area contributed by atoms with Gasteiger partial charge in [-0.25, -0.2) is 0 Å². The minimum Gasteiger partial charge on any atom is -0.407 e. The maximum absolute atomic E-state index is 6.84. The van der Waals surface area contributed by atoms with E-state index < -0.39 is 8.32 Å². The smallest absolute Gasteiger partial charge is 0.261 e. The second kappa shape index (κ2) is 7.24. The highest BCUT2D eigenvalue weighted by Gasteiger charge is 2.50. The van der Waals surface area contributed by atoms with E-state index in [-0.39, 0.29) is 10.5 Å². The highest BCUT2D eigenvalue weighted by molar-refractivity contribution is 6.99. The predicted molar refractivity (Wildman–Crippen MR) is 107 cm³/mol. The minimum absolute atomic E-state index is 0.0331. The van der Waals surface area contributed by atoms with Crippen LogP contribution in [0.25, 0.3) is 0 Å². The molecular formula is C22H31OSi. The molecule has 2 aromatic carbocycles.